The van der Waals surface area contributed by atoms with E-state index in [2.05, 4.69) is 4.98 Å². The molecular weight excluding hydrogens is 214 g/mol. The van der Waals surface area contributed by atoms with E-state index in [1.807, 2.05) is 44.0 Å². The standard InChI is InChI=1S/C13H17N3O/c1-9-4-5-12(14)13(15-9)16(3)8-11-6-7-17-10(11)2/h4-7H,8,14H2,1-3H3. The van der Waals surface area contributed by atoms with Crippen molar-refractivity contribution in [3.8, 4) is 0 Å². The van der Waals surface area contributed by atoms with Gasteiger partial charge in [-0.25, -0.2) is 4.98 Å². The Bertz CT molecular complexity index is 519. The number of aromatic nitrogens is 1. The van der Waals surface area contributed by atoms with Crippen molar-refractivity contribution >= 4 is 11.5 Å². The van der Waals surface area contributed by atoms with Gasteiger partial charge in [0.1, 0.15) is 5.76 Å². The highest BCUT2D eigenvalue weighted by Gasteiger charge is 2.10. The zero-order chi connectivity index (χ0) is 12.4. The lowest BCUT2D eigenvalue weighted by Crippen LogP contribution is -2.19. The molecule has 0 bridgehead atoms. The predicted molar refractivity (Wildman–Crippen MR) is 68.9 cm³/mol. The van der Waals surface area contributed by atoms with Crippen molar-refractivity contribution in [2.24, 2.45) is 0 Å². The van der Waals surface area contributed by atoms with Gasteiger partial charge in [0, 0.05) is 24.8 Å². The Morgan fingerprint density at radius 1 is 1.29 bits per heavy atom. The van der Waals surface area contributed by atoms with E-state index in [0.717, 1.165) is 29.4 Å². The second kappa shape index (κ2) is 4.49. The van der Waals surface area contributed by atoms with Crippen molar-refractivity contribution in [3.05, 3.63) is 41.5 Å². The zero-order valence-electron chi connectivity index (χ0n) is 10.4. The van der Waals surface area contributed by atoms with E-state index in [1.54, 1.807) is 6.26 Å². The molecule has 0 saturated carbocycles. The molecule has 0 aliphatic carbocycles. The third kappa shape index (κ3) is 2.41. The van der Waals surface area contributed by atoms with Gasteiger partial charge in [0.05, 0.1) is 12.0 Å². The number of nitrogens with two attached hydrogens (primary N) is 1. The number of nitrogen functional groups attached to an aromatic ring is 1. The van der Waals surface area contributed by atoms with Crippen molar-refractivity contribution in [1.29, 1.82) is 0 Å². The topological polar surface area (TPSA) is 55.3 Å². The number of furan rings is 1. The molecular formula is C13H17N3O. The third-order valence-corrected chi connectivity index (χ3v) is 2.78. The van der Waals surface area contributed by atoms with Crippen LogP contribution in [-0.4, -0.2) is 12.0 Å². The van der Waals surface area contributed by atoms with Crippen LogP contribution in [0.4, 0.5) is 11.5 Å². The average molecular weight is 231 g/mol. The third-order valence-electron chi connectivity index (χ3n) is 2.78. The van der Waals surface area contributed by atoms with E-state index in [-0.39, 0.29) is 0 Å². The number of rotatable bonds is 3. The Labute approximate surface area is 101 Å². The summed E-state index contributed by atoms with van der Waals surface area (Å²) in [4.78, 5) is 6.48. The molecule has 0 saturated heterocycles. The fourth-order valence-electron chi connectivity index (χ4n) is 1.77. The van der Waals surface area contributed by atoms with Gasteiger partial charge >= 0.3 is 0 Å². The number of anilines is 2. The van der Waals surface area contributed by atoms with E-state index in [1.165, 1.54) is 0 Å². The van der Waals surface area contributed by atoms with E-state index in [9.17, 15) is 0 Å². The van der Waals surface area contributed by atoms with E-state index >= 15 is 0 Å². The first-order valence-corrected chi connectivity index (χ1v) is 5.55. The van der Waals surface area contributed by atoms with Crippen molar-refractivity contribution < 1.29 is 4.42 Å². The Morgan fingerprint density at radius 2 is 2.06 bits per heavy atom. The van der Waals surface area contributed by atoms with Crippen LogP contribution in [0.5, 0.6) is 0 Å². The van der Waals surface area contributed by atoms with Crippen LogP contribution in [0.2, 0.25) is 0 Å². The molecule has 0 unspecified atom stereocenters. The second-order valence-corrected chi connectivity index (χ2v) is 4.22. The molecule has 90 valence electrons. The van der Waals surface area contributed by atoms with Gasteiger partial charge in [-0.15, -0.1) is 0 Å². The van der Waals surface area contributed by atoms with Crippen LogP contribution in [-0.2, 0) is 6.54 Å². The van der Waals surface area contributed by atoms with Crippen molar-refractivity contribution in [1.82, 2.24) is 4.98 Å². The summed E-state index contributed by atoms with van der Waals surface area (Å²) in [7, 11) is 1.98. The number of pyridine rings is 1. The quantitative estimate of drug-likeness (QED) is 0.881. The maximum Gasteiger partial charge on any atom is 0.152 e. The normalized spacial score (nSPS) is 10.5. The summed E-state index contributed by atoms with van der Waals surface area (Å²) in [5.74, 6) is 1.74. The highest BCUT2D eigenvalue weighted by molar-refractivity contribution is 5.62. The fourth-order valence-corrected chi connectivity index (χ4v) is 1.77. The maximum atomic E-state index is 5.93. The van der Waals surface area contributed by atoms with Gasteiger partial charge in [0.2, 0.25) is 0 Å². The minimum absolute atomic E-state index is 0.694. The molecule has 2 N–H and O–H groups in total. The van der Waals surface area contributed by atoms with Gasteiger partial charge in [0.25, 0.3) is 0 Å². The summed E-state index contributed by atoms with van der Waals surface area (Å²) in [5.41, 5.74) is 8.73. The lowest BCUT2D eigenvalue weighted by Gasteiger charge is -2.19. The van der Waals surface area contributed by atoms with Gasteiger partial charge in [-0.2, -0.15) is 0 Å². The van der Waals surface area contributed by atoms with E-state index < -0.39 is 0 Å². The Kier molecular flexibility index (Phi) is 3.04. The highest BCUT2D eigenvalue weighted by atomic mass is 16.3. The molecule has 17 heavy (non-hydrogen) atoms. The first-order chi connectivity index (χ1) is 8.08. The van der Waals surface area contributed by atoms with Crippen LogP contribution in [0, 0.1) is 13.8 Å². The van der Waals surface area contributed by atoms with Gasteiger partial charge in [-0.3, -0.25) is 0 Å². The Balaban J connectivity index is 2.23. The largest absolute Gasteiger partial charge is 0.469 e. The van der Waals surface area contributed by atoms with E-state index in [4.69, 9.17) is 10.2 Å². The molecule has 0 aliphatic rings. The fraction of sp³-hybridized carbons (Fsp3) is 0.308. The summed E-state index contributed by atoms with van der Waals surface area (Å²) >= 11 is 0. The lowest BCUT2D eigenvalue weighted by molar-refractivity contribution is 0.529. The minimum atomic E-state index is 0.694. The monoisotopic (exact) mass is 231 g/mol. The average Bonchev–Trinajstić information content (AvgIpc) is 2.68. The molecule has 2 aromatic rings. The van der Waals surface area contributed by atoms with Crippen molar-refractivity contribution in [2.75, 3.05) is 17.7 Å². The van der Waals surface area contributed by atoms with Crippen LogP contribution < -0.4 is 10.6 Å². The van der Waals surface area contributed by atoms with Crippen molar-refractivity contribution in [3.63, 3.8) is 0 Å². The molecule has 0 aromatic carbocycles. The summed E-state index contributed by atoms with van der Waals surface area (Å²) in [5, 5.41) is 0. The summed E-state index contributed by atoms with van der Waals surface area (Å²) in [6.07, 6.45) is 1.70. The number of nitrogens with zero attached hydrogens (tertiary/aromatic N) is 2. The second-order valence-electron chi connectivity index (χ2n) is 4.22. The van der Waals surface area contributed by atoms with Crippen LogP contribution in [0.3, 0.4) is 0 Å². The summed E-state index contributed by atoms with van der Waals surface area (Å²) in [6.45, 7) is 4.65. The molecule has 0 spiro atoms. The van der Waals surface area contributed by atoms with Crippen LogP contribution in [0.1, 0.15) is 17.0 Å². The van der Waals surface area contributed by atoms with Gasteiger partial charge in [0.15, 0.2) is 5.82 Å². The molecule has 0 amide bonds. The molecule has 0 aliphatic heterocycles. The molecule has 2 rings (SSSR count). The molecule has 2 aromatic heterocycles. The lowest BCUT2D eigenvalue weighted by atomic mass is 10.2. The number of hydrogen-bond acceptors (Lipinski definition) is 4. The SMILES string of the molecule is Cc1ccc(N)c(N(C)Cc2ccoc2C)n1. The Morgan fingerprint density at radius 3 is 2.71 bits per heavy atom. The molecule has 0 atom stereocenters. The van der Waals surface area contributed by atoms with Crippen molar-refractivity contribution in [2.45, 2.75) is 20.4 Å². The van der Waals surface area contributed by atoms with Gasteiger partial charge in [-0.1, -0.05) is 0 Å². The van der Waals surface area contributed by atoms with Crippen LogP contribution >= 0.6 is 0 Å². The van der Waals surface area contributed by atoms with Gasteiger partial charge in [-0.05, 0) is 32.0 Å². The molecule has 2 heterocycles. The molecule has 0 radical (unpaired) electrons. The van der Waals surface area contributed by atoms with E-state index in [0.29, 0.717) is 5.69 Å². The maximum absolute atomic E-state index is 5.93. The van der Waals surface area contributed by atoms with Crippen LogP contribution in [0.15, 0.2) is 28.9 Å². The minimum Gasteiger partial charge on any atom is -0.469 e. The number of hydrogen-bond donors (Lipinski definition) is 1. The predicted octanol–water partition coefficient (Wildman–Crippen LogP) is 2.51. The first-order valence-electron chi connectivity index (χ1n) is 5.55. The summed E-state index contributed by atoms with van der Waals surface area (Å²) < 4.78 is 5.28. The van der Waals surface area contributed by atoms with Crippen LogP contribution in [0.25, 0.3) is 0 Å². The molecule has 4 heteroatoms. The van der Waals surface area contributed by atoms with Gasteiger partial charge < -0.3 is 15.1 Å². The molecule has 4 nitrogen and oxygen atoms in total. The highest BCUT2D eigenvalue weighted by Crippen LogP contribution is 2.22. The first kappa shape index (κ1) is 11.5. The zero-order valence-corrected chi connectivity index (χ0v) is 10.4. The summed E-state index contributed by atoms with van der Waals surface area (Å²) in [6, 6.07) is 5.77. The Hall–Kier alpha value is -1.97. The smallest absolute Gasteiger partial charge is 0.152 e. The molecule has 0 fully saturated rings. The number of aryl methyl sites for hydroxylation is 2.